The molecule has 0 saturated heterocycles. The van der Waals surface area contributed by atoms with Crippen molar-refractivity contribution in [2.24, 2.45) is 5.10 Å². The largest absolute Gasteiger partial charge is 0.271 e. The zero-order chi connectivity index (χ0) is 20.7. The second-order valence-electron chi connectivity index (χ2n) is 6.41. The maximum Gasteiger partial charge on any atom is 0.271 e. The van der Waals surface area contributed by atoms with Gasteiger partial charge >= 0.3 is 0 Å². The lowest BCUT2D eigenvalue weighted by Crippen LogP contribution is -2.29. The lowest BCUT2D eigenvalue weighted by Gasteiger charge is -2.22. The molecule has 3 rings (SSSR count). The van der Waals surface area contributed by atoms with Crippen molar-refractivity contribution in [2.45, 2.75) is 6.54 Å². The number of hydrogen-bond donors (Lipinski definition) is 1. The molecule has 0 aromatic heterocycles. The molecule has 0 heterocycles. The Hall–Kier alpha value is -3.45. The molecule has 3 aromatic carbocycles. The van der Waals surface area contributed by atoms with Gasteiger partial charge in [0.05, 0.1) is 24.7 Å². The summed E-state index contributed by atoms with van der Waals surface area (Å²) in [6.07, 6.45) is 2.74. The predicted molar refractivity (Wildman–Crippen MR) is 115 cm³/mol. The number of sulfonamides is 1. The van der Waals surface area contributed by atoms with E-state index in [0.29, 0.717) is 11.3 Å². The van der Waals surface area contributed by atoms with E-state index < -0.39 is 10.0 Å². The lowest BCUT2D eigenvalue weighted by atomic mass is 10.1. The summed E-state index contributed by atoms with van der Waals surface area (Å²) in [7, 11) is -3.45. The Balaban J connectivity index is 1.67. The molecule has 0 aliphatic heterocycles. The third-order valence-corrected chi connectivity index (χ3v) is 5.31. The van der Waals surface area contributed by atoms with E-state index in [-0.39, 0.29) is 12.5 Å². The number of hydrogen-bond acceptors (Lipinski definition) is 4. The van der Waals surface area contributed by atoms with E-state index in [1.807, 2.05) is 36.4 Å². The van der Waals surface area contributed by atoms with Gasteiger partial charge in [0.15, 0.2) is 0 Å². The Morgan fingerprint density at radius 3 is 2.10 bits per heavy atom. The number of rotatable bonds is 7. The van der Waals surface area contributed by atoms with Crippen LogP contribution in [0.25, 0.3) is 0 Å². The number of amides is 1. The Kier molecular flexibility index (Phi) is 6.41. The molecule has 0 atom stereocenters. The molecule has 148 valence electrons. The van der Waals surface area contributed by atoms with Gasteiger partial charge in [0, 0.05) is 5.56 Å². The number of anilines is 1. The van der Waals surface area contributed by atoms with Gasteiger partial charge in [0.1, 0.15) is 0 Å². The van der Waals surface area contributed by atoms with Crippen LogP contribution in [-0.2, 0) is 16.6 Å². The van der Waals surface area contributed by atoms with Crippen molar-refractivity contribution < 1.29 is 13.2 Å². The van der Waals surface area contributed by atoms with Crippen LogP contribution in [0.15, 0.2) is 90.0 Å². The van der Waals surface area contributed by atoms with Gasteiger partial charge in [-0.3, -0.25) is 9.10 Å². The molecular formula is C22H21N3O3S. The average molecular weight is 407 g/mol. The summed E-state index contributed by atoms with van der Waals surface area (Å²) in [6.45, 7) is 0.177. The molecule has 0 radical (unpaired) electrons. The summed E-state index contributed by atoms with van der Waals surface area (Å²) < 4.78 is 25.7. The van der Waals surface area contributed by atoms with Gasteiger partial charge < -0.3 is 0 Å². The Bertz CT molecular complexity index is 1080. The highest BCUT2D eigenvalue weighted by Gasteiger charge is 2.17. The van der Waals surface area contributed by atoms with Crippen LogP contribution in [0, 0.1) is 0 Å². The van der Waals surface area contributed by atoms with Crippen LogP contribution >= 0.6 is 0 Å². The first-order chi connectivity index (χ1) is 13.9. The molecule has 1 N–H and O–H groups in total. The van der Waals surface area contributed by atoms with Crippen molar-refractivity contribution in [2.75, 3.05) is 10.6 Å². The fourth-order valence-electron chi connectivity index (χ4n) is 2.69. The van der Waals surface area contributed by atoms with E-state index >= 15 is 0 Å². The highest BCUT2D eigenvalue weighted by Crippen LogP contribution is 2.20. The predicted octanol–water partition coefficient (Wildman–Crippen LogP) is 3.42. The number of carbonyl (C=O) groups excluding carboxylic acids is 1. The smallest absolute Gasteiger partial charge is 0.267 e. The summed E-state index contributed by atoms with van der Waals surface area (Å²) in [6, 6.07) is 25.1. The van der Waals surface area contributed by atoms with Gasteiger partial charge in [-0.15, -0.1) is 0 Å². The summed E-state index contributed by atoms with van der Waals surface area (Å²) in [5.74, 6) is -0.341. The minimum absolute atomic E-state index is 0.177. The maximum atomic E-state index is 12.2. The first-order valence-corrected chi connectivity index (χ1v) is 10.8. The van der Waals surface area contributed by atoms with Crippen LogP contribution in [0.5, 0.6) is 0 Å². The van der Waals surface area contributed by atoms with Gasteiger partial charge in [0.2, 0.25) is 10.0 Å². The zero-order valence-electron chi connectivity index (χ0n) is 15.9. The first kappa shape index (κ1) is 20.3. The third kappa shape index (κ3) is 5.76. The molecule has 3 aromatic rings. The summed E-state index contributed by atoms with van der Waals surface area (Å²) >= 11 is 0. The molecule has 0 unspecified atom stereocenters. The van der Waals surface area contributed by atoms with E-state index in [1.165, 1.54) is 10.6 Å². The second-order valence-corrected chi connectivity index (χ2v) is 8.32. The number of nitrogens with one attached hydrogen (secondary N) is 1. The van der Waals surface area contributed by atoms with Crippen LogP contribution in [-0.4, -0.2) is 26.8 Å². The van der Waals surface area contributed by atoms with E-state index in [2.05, 4.69) is 10.5 Å². The summed E-state index contributed by atoms with van der Waals surface area (Å²) in [5, 5.41) is 3.95. The van der Waals surface area contributed by atoms with Crippen molar-refractivity contribution >= 4 is 27.8 Å². The van der Waals surface area contributed by atoms with E-state index in [4.69, 9.17) is 0 Å². The molecule has 6 nitrogen and oxygen atoms in total. The molecule has 0 bridgehead atoms. The van der Waals surface area contributed by atoms with Gasteiger partial charge in [-0.1, -0.05) is 60.7 Å². The number of nitrogens with zero attached hydrogens (tertiary/aromatic N) is 2. The van der Waals surface area contributed by atoms with Crippen molar-refractivity contribution in [1.29, 1.82) is 0 Å². The van der Waals surface area contributed by atoms with E-state index in [0.717, 1.165) is 11.1 Å². The van der Waals surface area contributed by atoms with Crippen molar-refractivity contribution in [3.63, 3.8) is 0 Å². The van der Waals surface area contributed by atoms with Crippen molar-refractivity contribution in [3.8, 4) is 0 Å². The number of carbonyl (C=O) groups is 1. The second kappa shape index (κ2) is 9.16. The number of benzene rings is 3. The number of para-hydroxylation sites is 1. The third-order valence-electron chi connectivity index (χ3n) is 4.17. The van der Waals surface area contributed by atoms with Crippen LogP contribution < -0.4 is 9.73 Å². The molecule has 0 spiro atoms. The Morgan fingerprint density at radius 1 is 0.931 bits per heavy atom. The standard InChI is InChI=1S/C22H21N3O3S/c1-29(27,28)25(21-10-6-3-7-11-21)17-19-12-14-20(15-13-19)22(26)24-23-16-18-8-4-2-5-9-18/h2-16H,17H2,1H3,(H,24,26)/b23-16-. The SMILES string of the molecule is CS(=O)(=O)N(Cc1ccc(C(=O)N/N=C\c2ccccc2)cc1)c1ccccc1. The molecule has 0 fully saturated rings. The number of hydrazone groups is 1. The van der Waals surface area contributed by atoms with Gasteiger partial charge in [-0.2, -0.15) is 5.10 Å². The molecule has 0 aliphatic carbocycles. The summed E-state index contributed by atoms with van der Waals surface area (Å²) in [4.78, 5) is 12.2. The zero-order valence-corrected chi connectivity index (χ0v) is 16.7. The maximum absolute atomic E-state index is 12.2. The molecule has 7 heteroatoms. The van der Waals surface area contributed by atoms with Gasteiger partial charge in [-0.05, 0) is 35.4 Å². The molecule has 29 heavy (non-hydrogen) atoms. The lowest BCUT2D eigenvalue weighted by molar-refractivity contribution is 0.0955. The Labute approximate surface area is 170 Å². The van der Waals surface area contributed by atoms with Gasteiger partial charge in [-0.25, -0.2) is 13.8 Å². The normalized spacial score (nSPS) is 11.3. The molecular weight excluding hydrogens is 386 g/mol. The van der Waals surface area contributed by atoms with E-state index in [9.17, 15) is 13.2 Å². The quantitative estimate of drug-likeness (QED) is 0.481. The van der Waals surface area contributed by atoms with Crippen molar-refractivity contribution in [3.05, 3.63) is 102 Å². The van der Waals surface area contributed by atoms with E-state index in [1.54, 1.807) is 54.7 Å². The average Bonchev–Trinajstić information content (AvgIpc) is 2.73. The monoisotopic (exact) mass is 407 g/mol. The van der Waals surface area contributed by atoms with Crippen LogP contribution in [0.1, 0.15) is 21.5 Å². The van der Waals surface area contributed by atoms with Crippen LogP contribution in [0.4, 0.5) is 5.69 Å². The van der Waals surface area contributed by atoms with Crippen LogP contribution in [0.3, 0.4) is 0 Å². The minimum Gasteiger partial charge on any atom is -0.267 e. The topological polar surface area (TPSA) is 78.8 Å². The minimum atomic E-state index is -3.45. The fourth-order valence-corrected chi connectivity index (χ4v) is 3.58. The van der Waals surface area contributed by atoms with Crippen LogP contribution in [0.2, 0.25) is 0 Å². The summed E-state index contributed by atoms with van der Waals surface area (Å²) in [5.41, 5.74) is 5.15. The Morgan fingerprint density at radius 2 is 1.52 bits per heavy atom. The fraction of sp³-hybridized carbons (Fsp3) is 0.0909. The molecule has 0 aliphatic rings. The molecule has 1 amide bonds. The van der Waals surface area contributed by atoms with Gasteiger partial charge in [0.25, 0.3) is 5.91 Å². The molecule has 0 saturated carbocycles. The first-order valence-electron chi connectivity index (χ1n) is 8.93. The highest BCUT2D eigenvalue weighted by atomic mass is 32.2. The highest BCUT2D eigenvalue weighted by molar-refractivity contribution is 7.92. The van der Waals surface area contributed by atoms with Crippen molar-refractivity contribution in [1.82, 2.24) is 5.43 Å².